The molecular formula is C19H15Cl2N3O2. The zero-order valence-electron chi connectivity index (χ0n) is 13.7. The van der Waals surface area contributed by atoms with Gasteiger partial charge in [0.1, 0.15) is 6.54 Å². The average molecular weight is 388 g/mol. The average Bonchev–Trinajstić information content (AvgIpc) is 2.63. The van der Waals surface area contributed by atoms with Crippen LogP contribution in [0.1, 0.15) is 5.56 Å². The van der Waals surface area contributed by atoms with Crippen molar-refractivity contribution in [2.24, 2.45) is 0 Å². The Balaban J connectivity index is 1.66. The molecule has 1 heterocycles. The molecule has 2 aromatic carbocycles. The zero-order chi connectivity index (χ0) is 18.5. The smallest absolute Gasteiger partial charge is 0.254 e. The van der Waals surface area contributed by atoms with Gasteiger partial charge in [-0.15, -0.1) is 0 Å². The highest BCUT2D eigenvalue weighted by Crippen LogP contribution is 2.18. The molecule has 132 valence electrons. The first kappa shape index (κ1) is 18.2. The second-order valence-corrected chi connectivity index (χ2v) is 6.46. The third kappa shape index (κ3) is 4.50. The fourth-order valence-electron chi connectivity index (χ4n) is 2.37. The van der Waals surface area contributed by atoms with Crippen LogP contribution in [0.2, 0.25) is 10.0 Å². The quantitative estimate of drug-likeness (QED) is 0.727. The van der Waals surface area contributed by atoms with Gasteiger partial charge in [0, 0.05) is 28.2 Å². The van der Waals surface area contributed by atoms with Gasteiger partial charge in [-0.25, -0.2) is 4.98 Å². The predicted octanol–water partition coefficient (Wildman–Crippen LogP) is 3.53. The number of halogens is 2. The van der Waals surface area contributed by atoms with E-state index in [1.807, 2.05) is 18.2 Å². The van der Waals surface area contributed by atoms with Crippen LogP contribution < -0.4 is 10.9 Å². The van der Waals surface area contributed by atoms with Crippen molar-refractivity contribution in [3.05, 3.63) is 86.9 Å². The van der Waals surface area contributed by atoms with Gasteiger partial charge in [-0.1, -0.05) is 53.5 Å². The van der Waals surface area contributed by atoms with Crippen molar-refractivity contribution >= 4 is 29.1 Å². The first-order valence-corrected chi connectivity index (χ1v) is 8.61. The highest BCUT2D eigenvalue weighted by atomic mass is 35.5. The SMILES string of the molecule is O=C(Cn1cnc(-c2ccc(Cl)cc2)cc1=O)NCc1ccccc1Cl. The van der Waals surface area contributed by atoms with Crippen molar-refractivity contribution in [1.82, 2.24) is 14.9 Å². The lowest BCUT2D eigenvalue weighted by Gasteiger charge is -2.09. The molecule has 0 aliphatic carbocycles. The van der Waals surface area contributed by atoms with E-state index in [9.17, 15) is 9.59 Å². The van der Waals surface area contributed by atoms with Gasteiger partial charge in [0.25, 0.3) is 5.56 Å². The fraction of sp³-hybridized carbons (Fsp3) is 0.105. The molecule has 0 atom stereocenters. The molecule has 1 amide bonds. The first-order valence-electron chi connectivity index (χ1n) is 7.85. The van der Waals surface area contributed by atoms with Gasteiger partial charge >= 0.3 is 0 Å². The summed E-state index contributed by atoms with van der Waals surface area (Å²) in [5.41, 5.74) is 1.81. The summed E-state index contributed by atoms with van der Waals surface area (Å²) >= 11 is 11.9. The lowest BCUT2D eigenvalue weighted by atomic mass is 10.1. The van der Waals surface area contributed by atoms with E-state index in [0.717, 1.165) is 11.1 Å². The molecule has 0 saturated carbocycles. The van der Waals surface area contributed by atoms with E-state index in [4.69, 9.17) is 23.2 Å². The molecule has 3 aromatic rings. The highest BCUT2D eigenvalue weighted by Gasteiger charge is 2.08. The number of rotatable bonds is 5. The standard InChI is InChI=1S/C19H15Cl2N3O2/c20-15-7-5-13(6-8-15)17-9-19(26)24(12-23-17)11-18(25)22-10-14-3-1-2-4-16(14)21/h1-9,12H,10-11H2,(H,22,25). The Labute approximate surface area is 160 Å². The van der Waals surface area contributed by atoms with Gasteiger partial charge in [0.15, 0.2) is 0 Å². The Morgan fingerprint density at radius 1 is 1.08 bits per heavy atom. The fourth-order valence-corrected chi connectivity index (χ4v) is 2.70. The maximum absolute atomic E-state index is 12.2. The van der Waals surface area contributed by atoms with Crippen LogP contribution in [0.25, 0.3) is 11.3 Å². The Kier molecular flexibility index (Phi) is 5.71. The molecule has 1 aromatic heterocycles. The zero-order valence-corrected chi connectivity index (χ0v) is 15.2. The van der Waals surface area contributed by atoms with Gasteiger partial charge in [-0.3, -0.25) is 14.2 Å². The molecule has 0 fully saturated rings. The topological polar surface area (TPSA) is 64.0 Å². The highest BCUT2D eigenvalue weighted by molar-refractivity contribution is 6.31. The van der Waals surface area contributed by atoms with E-state index in [0.29, 0.717) is 22.3 Å². The number of benzene rings is 2. The summed E-state index contributed by atoms with van der Waals surface area (Å²) in [7, 11) is 0. The number of carbonyl (C=O) groups is 1. The number of nitrogens with one attached hydrogen (secondary N) is 1. The van der Waals surface area contributed by atoms with Crippen LogP contribution in [0.4, 0.5) is 0 Å². The van der Waals surface area contributed by atoms with Crippen LogP contribution in [0.5, 0.6) is 0 Å². The molecule has 0 radical (unpaired) electrons. The predicted molar refractivity (Wildman–Crippen MR) is 102 cm³/mol. The number of nitrogens with zero attached hydrogens (tertiary/aromatic N) is 2. The summed E-state index contributed by atoms with van der Waals surface area (Å²) in [5.74, 6) is -0.298. The minimum Gasteiger partial charge on any atom is -0.350 e. The van der Waals surface area contributed by atoms with Crippen molar-refractivity contribution < 1.29 is 4.79 Å². The van der Waals surface area contributed by atoms with E-state index in [-0.39, 0.29) is 18.0 Å². The second-order valence-electron chi connectivity index (χ2n) is 5.62. The van der Waals surface area contributed by atoms with Crippen molar-refractivity contribution in [2.45, 2.75) is 13.1 Å². The van der Waals surface area contributed by atoms with E-state index >= 15 is 0 Å². The maximum atomic E-state index is 12.2. The molecule has 0 aliphatic heterocycles. The summed E-state index contributed by atoms with van der Waals surface area (Å²) < 4.78 is 1.25. The molecule has 3 rings (SSSR count). The third-order valence-electron chi connectivity index (χ3n) is 3.77. The summed E-state index contributed by atoms with van der Waals surface area (Å²) in [5, 5.41) is 3.93. The minimum absolute atomic E-state index is 0.114. The largest absolute Gasteiger partial charge is 0.350 e. The summed E-state index contributed by atoms with van der Waals surface area (Å²) in [6, 6.07) is 15.7. The number of amides is 1. The first-order chi connectivity index (χ1) is 12.5. The van der Waals surface area contributed by atoms with Crippen molar-refractivity contribution in [1.29, 1.82) is 0 Å². The second kappa shape index (κ2) is 8.17. The molecule has 1 N–H and O–H groups in total. The molecule has 7 heteroatoms. The number of hydrogen-bond donors (Lipinski definition) is 1. The van der Waals surface area contributed by atoms with Gasteiger partial charge in [0.2, 0.25) is 5.91 Å². The van der Waals surface area contributed by atoms with Crippen LogP contribution in [0.3, 0.4) is 0 Å². The lowest BCUT2D eigenvalue weighted by Crippen LogP contribution is -2.32. The molecule has 0 saturated heterocycles. The monoisotopic (exact) mass is 387 g/mol. The summed E-state index contributed by atoms with van der Waals surface area (Å²) in [6.45, 7) is 0.181. The van der Waals surface area contributed by atoms with E-state index < -0.39 is 0 Å². The van der Waals surface area contributed by atoms with Crippen LogP contribution in [0, 0.1) is 0 Å². The van der Waals surface area contributed by atoms with Crippen molar-refractivity contribution in [3.63, 3.8) is 0 Å². The number of carbonyl (C=O) groups excluding carboxylic acids is 1. The molecule has 26 heavy (non-hydrogen) atoms. The van der Waals surface area contributed by atoms with Crippen molar-refractivity contribution in [2.75, 3.05) is 0 Å². The Morgan fingerprint density at radius 3 is 2.50 bits per heavy atom. The molecule has 0 aliphatic rings. The molecule has 0 spiro atoms. The van der Waals surface area contributed by atoms with Gasteiger partial charge in [0.05, 0.1) is 12.0 Å². The van der Waals surface area contributed by atoms with Gasteiger partial charge in [-0.2, -0.15) is 0 Å². The number of aromatic nitrogens is 2. The van der Waals surface area contributed by atoms with E-state index in [1.165, 1.54) is 17.0 Å². The lowest BCUT2D eigenvalue weighted by molar-refractivity contribution is -0.121. The van der Waals surface area contributed by atoms with Crippen LogP contribution in [-0.4, -0.2) is 15.5 Å². The normalized spacial score (nSPS) is 10.5. The molecule has 0 bridgehead atoms. The summed E-state index contributed by atoms with van der Waals surface area (Å²) in [4.78, 5) is 28.6. The molecule has 0 unspecified atom stereocenters. The molecule has 5 nitrogen and oxygen atoms in total. The maximum Gasteiger partial charge on any atom is 0.254 e. The third-order valence-corrected chi connectivity index (χ3v) is 4.39. The Bertz CT molecular complexity index is 985. The van der Waals surface area contributed by atoms with Crippen molar-refractivity contribution in [3.8, 4) is 11.3 Å². The van der Waals surface area contributed by atoms with Gasteiger partial charge < -0.3 is 5.32 Å². The Hall–Kier alpha value is -2.63. The number of hydrogen-bond acceptors (Lipinski definition) is 3. The molecular weight excluding hydrogens is 373 g/mol. The van der Waals surface area contributed by atoms with E-state index in [1.54, 1.807) is 30.3 Å². The van der Waals surface area contributed by atoms with E-state index in [2.05, 4.69) is 10.3 Å². The summed E-state index contributed by atoms with van der Waals surface area (Å²) in [6.07, 6.45) is 1.36. The van der Waals surface area contributed by atoms with Gasteiger partial charge in [-0.05, 0) is 23.8 Å². The minimum atomic E-state index is -0.308. The Morgan fingerprint density at radius 2 is 1.81 bits per heavy atom. The van der Waals surface area contributed by atoms with Crippen LogP contribution in [0.15, 0.2) is 65.7 Å². The van der Waals surface area contributed by atoms with Crippen LogP contribution >= 0.6 is 23.2 Å². The van der Waals surface area contributed by atoms with Crippen LogP contribution in [-0.2, 0) is 17.9 Å².